The summed E-state index contributed by atoms with van der Waals surface area (Å²) < 4.78 is 24.7. The average Bonchev–Trinajstić information content (AvgIpc) is 2.29. The summed E-state index contributed by atoms with van der Waals surface area (Å²) in [6, 6.07) is 6.33. The minimum atomic E-state index is -0.779. The molecule has 0 aliphatic carbocycles. The lowest BCUT2D eigenvalue weighted by Crippen LogP contribution is -2.49. The fraction of sp³-hybridized carbons (Fsp3) is 0.417. The summed E-state index contributed by atoms with van der Waals surface area (Å²) >= 11 is 0. The minimum absolute atomic E-state index is 0.0748. The second-order valence-corrected chi connectivity index (χ2v) is 4.93. The number of rotatable bonds is 1. The molecule has 0 spiro atoms. The first-order valence-corrected chi connectivity index (χ1v) is 5.45. The Morgan fingerprint density at radius 3 is 2.59 bits per heavy atom. The smallest absolute Gasteiger partial charge is 0.407 e. The normalized spacial score (nSPS) is 18.8. The number of nitrogens with zero attached hydrogens (tertiary/aromatic N) is 1. The zero-order valence-corrected chi connectivity index (χ0v) is 9.87. The summed E-state index contributed by atoms with van der Waals surface area (Å²) in [5.74, 6) is -0.464. The first kappa shape index (κ1) is 12.1. The highest BCUT2D eigenvalue weighted by Gasteiger charge is 2.36. The Morgan fingerprint density at radius 1 is 1.35 bits per heavy atom. The van der Waals surface area contributed by atoms with Gasteiger partial charge in [-0.15, -0.1) is 0 Å². The summed E-state index contributed by atoms with van der Waals surface area (Å²) in [6.45, 7) is 4.99. The van der Waals surface area contributed by atoms with Crippen molar-refractivity contribution in [3.63, 3.8) is 0 Å². The van der Waals surface area contributed by atoms with Crippen molar-refractivity contribution >= 4 is 12.6 Å². The third-order valence-corrected chi connectivity index (χ3v) is 2.66. The molecule has 88 valence electrons. The topological polar surface area (TPSA) is 42.2 Å². The van der Waals surface area contributed by atoms with Crippen LogP contribution in [0, 0.1) is 22.6 Å². The molecule has 0 saturated carbocycles. The van der Waals surface area contributed by atoms with Gasteiger partial charge in [0.2, 0.25) is 0 Å². The molecule has 1 aromatic rings. The largest absolute Gasteiger partial charge is 0.498 e. The Labute approximate surface area is 100 Å². The Bertz CT molecular complexity index is 460. The molecular weight excluding hydrogens is 220 g/mol. The van der Waals surface area contributed by atoms with Crippen molar-refractivity contribution < 1.29 is 13.7 Å². The van der Waals surface area contributed by atoms with Gasteiger partial charge in [-0.1, -0.05) is 19.9 Å². The minimum Gasteiger partial charge on any atom is -0.407 e. The lowest BCUT2D eigenvalue weighted by Gasteiger charge is -2.33. The van der Waals surface area contributed by atoms with Gasteiger partial charge in [0.1, 0.15) is 5.82 Å². The van der Waals surface area contributed by atoms with E-state index < -0.39 is 12.9 Å². The molecular formula is C12H13BFNO2. The molecule has 5 heteroatoms. The monoisotopic (exact) mass is 233 g/mol. The van der Waals surface area contributed by atoms with Crippen molar-refractivity contribution in [1.82, 2.24) is 0 Å². The van der Waals surface area contributed by atoms with Crippen LogP contribution < -0.4 is 5.46 Å². The maximum atomic E-state index is 13.7. The lowest BCUT2D eigenvalue weighted by molar-refractivity contribution is 0.0340. The standard InChI is InChI=1S/C12H13BFNO2/c1-12(2)7-16-13(17-8-12)11-9(6-15)4-3-5-10(11)14/h3-5H,7-8H2,1-2H3. The van der Waals surface area contributed by atoms with E-state index >= 15 is 0 Å². The van der Waals surface area contributed by atoms with Crippen molar-refractivity contribution in [3.8, 4) is 6.07 Å². The molecule has 0 aromatic heterocycles. The maximum absolute atomic E-state index is 13.7. The molecule has 1 aliphatic rings. The molecule has 0 bridgehead atoms. The molecule has 0 radical (unpaired) electrons. The number of hydrogen-bond acceptors (Lipinski definition) is 3. The summed E-state index contributed by atoms with van der Waals surface area (Å²) in [4.78, 5) is 0. The average molecular weight is 233 g/mol. The Morgan fingerprint density at radius 2 is 2.00 bits per heavy atom. The summed E-state index contributed by atoms with van der Waals surface area (Å²) in [5.41, 5.74) is 0.384. The highest BCUT2D eigenvalue weighted by Crippen LogP contribution is 2.22. The van der Waals surface area contributed by atoms with Gasteiger partial charge in [0.05, 0.1) is 11.6 Å². The Balaban J connectivity index is 2.27. The highest BCUT2D eigenvalue weighted by molar-refractivity contribution is 6.62. The molecule has 1 aromatic carbocycles. The summed E-state index contributed by atoms with van der Waals surface area (Å²) in [6.07, 6.45) is 0. The molecule has 1 heterocycles. The van der Waals surface area contributed by atoms with E-state index in [2.05, 4.69) is 0 Å². The number of hydrogen-bond donors (Lipinski definition) is 0. The fourth-order valence-corrected chi connectivity index (χ4v) is 1.73. The van der Waals surface area contributed by atoms with Crippen LogP contribution in [0.5, 0.6) is 0 Å². The lowest BCUT2D eigenvalue weighted by atomic mass is 9.73. The van der Waals surface area contributed by atoms with Gasteiger partial charge in [-0.25, -0.2) is 4.39 Å². The van der Waals surface area contributed by atoms with Gasteiger partial charge in [0.25, 0.3) is 0 Å². The summed E-state index contributed by atoms with van der Waals surface area (Å²) in [7, 11) is -0.779. The van der Waals surface area contributed by atoms with Crippen LogP contribution in [0.1, 0.15) is 19.4 Å². The molecule has 0 N–H and O–H groups in total. The van der Waals surface area contributed by atoms with Crippen LogP contribution in [0.4, 0.5) is 4.39 Å². The third-order valence-electron chi connectivity index (χ3n) is 2.66. The SMILES string of the molecule is CC1(C)COB(c2c(F)cccc2C#N)OC1. The zero-order chi connectivity index (χ0) is 12.5. The quantitative estimate of drug-likeness (QED) is 0.689. The number of nitriles is 1. The van der Waals surface area contributed by atoms with Gasteiger partial charge in [-0.3, -0.25) is 0 Å². The molecule has 0 amide bonds. The molecule has 2 rings (SSSR count). The predicted molar refractivity (Wildman–Crippen MR) is 62.2 cm³/mol. The molecule has 0 unspecified atom stereocenters. The maximum Gasteiger partial charge on any atom is 0.498 e. The van der Waals surface area contributed by atoms with E-state index in [4.69, 9.17) is 14.6 Å². The molecule has 1 aliphatic heterocycles. The van der Waals surface area contributed by atoms with Gasteiger partial charge in [0.15, 0.2) is 0 Å². The zero-order valence-electron chi connectivity index (χ0n) is 9.87. The number of halogens is 1. The predicted octanol–water partition coefficient (Wildman–Crippen LogP) is 1.47. The van der Waals surface area contributed by atoms with Crippen LogP contribution in [0.3, 0.4) is 0 Å². The van der Waals surface area contributed by atoms with Gasteiger partial charge >= 0.3 is 7.12 Å². The third kappa shape index (κ3) is 2.49. The van der Waals surface area contributed by atoms with Crippen LogP contribution in [0.15, 0.2) is 18.2 Å². The van der Waals surface area contributed by atoms with E-state index in [1.54, 1.807) is 6.07 Å². The van der Waals surface area contributed by atoms with E-state index in [9.17, 15) is 4.39 Å². The molecule has 0 atom stereocenters. The van der Waals surface area contributed by atoms with Crippen LogP contribution in [-0.2, 0) is 9.31 Å². The van der Waals surface area contributed by atoms with E-state index in [1.807, 2.05) is 19.9 Å². The molecule has 17 heavy (non-hydrogen) atoms. The van der Waals surface area contributed by atoms with Crippen LogP contribution in [0.25, 0.3) is 0 Å². The van der Waals surface area contributed by atoms with Crippen LogP contribution in [-0.4, -0.2) is 20.3 Å². The summed E-state index contributed by atoms with van der Waals surface area (Å²) in [5, 5.41) is 8.95. The van der Waals surface area contributed by atoms with Gasteiger partial charge in [0, 0.05) is 24.1 Å². The van der Waals surface area contributed by atoms with E-state index in [0.717, 1.165) is 0 Å². The Kier molecular flexibility index (Phi) is 3.18. The van der Waals surface area contributed by atoms with E-state index in [-0.39, 0.29) is 16.4 Å². The van der Waals surface area contributed by atoms with Crippen molar-refractivity contribution in [2.24, 2.45) is 5.41 Å². The van der Waals surface area contributed by atoms with Crippen LogP contribution in [0.2, 0.25) is 0 Å². The van der Waals surface area contributed by atoms with E-state index in [1.165, 1.54) is 12.1 Å². The fourth-order valence-electron chi connectivity index (χ4n) is 1.73. The molecule has 1 fully saturated rings. The Hall–Kier alpha value is -1.38. The number of benzene rings is 1. The first-order chi connectivity index (χ1) is 8.03. The second kappa shape index (κ2) is 4.48. The van der Waals surface area contributed by atoms with E-state index in [0.29, 0.717) is 13.2 Å². The van der Waals surface area contributed by atoms with Gasteiger partial charge < -0.3 is 9.31 Å². The van der Waals surface area contributed by atoms with Gasteiger partial charge in [-0.2, -0.15) is 5.26 Å². The second-order valence-electron chi connectivity index (χ2n) is 4.93. The molecule has 1 saturated heterocycles. The van der Waals surface area contributed by atoms with Crippen LogP contribution >= 0.6 is 0 Å². The molecule has 3 nitrogen and oxygen atoms in total. The highest BCUT2D eigenvalue weighted by atomic mass is 19.1. The van der Waals surface area contributed by atoms with Crippen molar-refractivity contribution in [2.75, 3.05) is 13.2 Å². The first-order valence-electron chi connectivity index (χ1n) is 5.45. The van der Waals surface area contributed by atoms with Gasteiger partial charge in [-0.05, 0) is 12.1 Å². The van der Waals surface area contributed by atoms with Crippen molar-refractivity contribution in [2.45, 2.75) is 13.8 Å². The van der Waals surface area contributed by atoms with Crippen molar-refractivity contribution in [1.29, 1.82) is 5.26 Å². The van der Waals surface area contributed by atoms with Crippen molar-refractivity contribution in [3.05, 3.63) is 29.6 Å².